The molecule has 0 spiro atoms. The molecule has 0 aromatic carbocycles. The summed E-state index contributed by atoms with van der Waals surface area (Å²) in [4.78, 5) is 2.61. The number of likely N-dealkylation sites (N-methyl/N-ethyl adjacent to an activating group) is 1. The first-order valence-corrected chi connectivity index (χ1v) is 7.22. The van der Waals surface area contributed by atoms with Crippen LogP contribution in [0.2, 0.25) is 0 Å². The average Bonchev–Trinajstić information content (AvgIpc) is 2.76. The summed E-state index contributed by atoms with van der Waals surface area (Å²) in [5.74, 6) is 0. The van der Waals surface area contributed by atoms with E-state index < -0.39 is 0 Å². The predicted octanol–water partition coefficient (Wildman–Crippen LogP) is 2.26. The van der Waals surface area contributed by atoms with Gasteiger partial charge >= 0.3 is 0 Å². The smallest absolute Gasteiger partial charge is 0.0615 e. The highest BCUT2D eigenvalue weighted by molar-refractivity contribution is 4.91. The number of nitrogens with zero attached hydrogens (tertiary/aromatic N) is 1. The molecule has 3 heteroatoms. The van der Waals surface area contributed by atoms with Gasteiger partial charge in [0.1, 0.15) is 0 Å². The molecule has 1 aliphatic carbocycles. The van der Waals surface area contributed by atoms with E-state index in [1.165, 1.54) is 25.7 Å². The normalized spacial score (nSPS) is 26.6. The lowest BCUT2D eigenvalue weighted by atomic mass is 10.1. The van der Waals surface area contributed by atoms with Crippen molar-refractivity contribution in [2.45, 2.75) is 64.6 Å². The molecule has 1 rings (SSSR count). The minimum atomic E-state index is 0.527. The van der Waals surface area contributed by atoms with E-state index in [4.69, 9.17) is 4.74 Å². The van der Waals surface area contributed by atoms with E-state index >= 15 is 0 Å². The number of rotatable bonds is 8. The molecular weight excluding hydrogens is 212 g/mol. The largest absolute Gasteiger partial charge is 0.383 e. The van der Waals surface area contributed by atoms with Gasteiger partial charge in [-0.25, -0.2) is 0 Å². The van der Waals surface area contributed by atoms with Gasteiger partial charge in [-0.1, -0.05) is 20.3 Å². The Kier molecular flexibility index (Phi) is 7.09. The fourth-order valence-electron chi connectivity index (χ4n) is 3.12. The van der Waals surface area contributed by atoms with Gasteiger partial charge in [-0.05, 0) is 39.3 Å². The van der Waals surface area contributed by atoms with Gasteiger partial charge in [0, 0.05) is 25.2 Å². The zero-order valence-corrected chi connectivity index (χ0v) is 12.0. The van der Waals surface area contributed by atoms with Crippen LogP contribution in [0.15, 0.2) is 0 Å². The molecule has 1 fully saturated rings. The van der Waals surface area contributed by atoms with Gasteiger partial charge in [0.25, 0.3) is 0 Å². The Labute approximate surface area is 107 Å². The van der Waals surface area contributed by atoms with Gasteiger partial charge in [0.2, 0.25) is 0 Å². The molecule has 0 aromatic heterocycles. The molecule has 3 atom stereocenters. The lowest BCUT2D eigenvalue weighted by Gasteiger charge is -2.37. The molecule has 0 aliphatic heterocycles. The summed E-state index contributed by atoms with van der Waals surface area (Å²) in [5.41, 5.74) is 0. The van der Waals surface area contributed by atoms with Gasteiger partial charge < -0.3 is 10.1 Å². The van der Waals surface area contributed by atoms with Gasteiger partial charge in [0.05, 0.1) is 6.61 Å². The second-order valence-corrected chi connectivity index (χ2v) is 5.19. The fourth-order valence-corrected chi connectivity index (χ4v) is 3.12. The van der Waals surface area contributed by atoms with Crippen molar-refractivity contribution >= 4 is 0 Å². The predicted molar refractivity (Wildman–Crippen MR) is 73.4 cm³/mol. The Bertz CT molecular complexity index is 199. The van der Waals surface area contributed by atoms with Crippen molar-refractivity contribution in [3.05, 3.63) is 0 Å². The second-order valence-electron chi connectivity index (χ2n) is 5.19. The quantitative estimate of drug-likeness (QED) is 0.706. The molecule has 0 aromatic rings. The van der Waals surface area contributed by atoms with Gasteiger partial charge in [0.15, 0.2) is 0 Å². The van der Waals surface area contributed by atoms with Crippen LogP contribution in [0.25, 0.3) is 0 Å². The van der Waals surface area contributed by atoms with E-state index in [0.717, 1.165) is 19.7 Å². The van der Waals surface area contributed by atoms with Crippen LogP contribution in [-0.4, -0.2) is 49.8 Å². The number of hydrogen-bond acceptors (Lipinski definition) is 3. The van der Waals surface area contributed by atoms with Gasteiger partial charge in [-0.3, -0.25) is 4.90 Å². The summed E-state index contributed by atoms with van der Waals surface area (Å²) in [6.07, 6.45) is 5.26. The summed E-state index contributed by atoms with van der Waals surface area (Å²) in [5, 5.41) is 3.71. The first-order chi connectivity index (χ1) is 8.24. The summed E-state index contributed by atoms with van der Waals surface area (Å²) in [6.45, 7) is 9.90. The number of hydrogen-bond donors (Lipinski definition) is 1. The second kappa shape index (κ2) is 8.06. The maximum Gasteiger partial charge on any atom is 0.0615 e. The SMILES string of the molecule is CCCNC1CCCC1N(CC)C(C)COC. The molecule has 102 valence electrons. The van der Waals surface area contributed by atoms with Crippen LogP contribution in [0.1, 0.15) is 46.5 Å². The number of nitrogens with one attached hydrogen (secondary N) is 1. The highest BCUT2D eigenvalue weighted by Crippen LogP contribution is 2.25. The Balaban J connectivity index is 2.53. The molecule has 0 saturated heterocycles. The third-order valence-electron chi connectivity index (χ3n) is 3.90. The lowest BCUT2D eigenvalue weighted by Crippen LogP contribution is -2.51. The van der Waals surface area contributed by atoms with Crippen LogP contribution in [0, 0.1) is 0 Å². The number of ether oxygens (including phenoxy) is 1. The maximum absolute atomic E-state index is 5.30. The van der Waals surface area contributed by atoms with Crippen LogP contribution >= 0.6 is 0 Å². The Morgan fingerprint density at radius 1 is 1.35 bits per heavy atom. The monoisotopic (exact) mass is 242 g/mol. The summed E-state index contributed by atoms with van der Waals surface area (Å²) < 4.78 is 5.30. The molecule has 0 bridgehead atoms. The van der Waals surface area contributed by atoms with Crippen molar-refractivity contribution in [2.24, 2.45) is 0 Å². The molecule has 0 amide bonds. The topological polar surface area (TPSA) is 24.5 Å². The third kappa shape index (κ3) is 4.23. The Morgan fingerprint density at radius 3 is 2.71 bits per heavy atom. The minimum Gasteiger partial charge on any atom is -0.383 e. The average molecular weight is 242 g/mol. The van der Waals surface area contributed by atoms with Crippen molar-refractivity contribution in [3.63, 3.8) is 0 Å². The van der Waals surface area contributed by atoms with Gasteiger partial charge in [-0.2, -0.15) is 0 Å². The van der Waals surface area contributed by atoms with Crippen molar-refractivity contribution in [2.75, 3.05) is 26.8 Å². The van der Waals surface area contributed by atoms with Crippen LogP contribution in [0.5, 0.6) is 0 Å². The van der Waals surface area contributed by atoms with E-state index in [2.05, 4.69) is 31.0 Å². The number of methoxy groups -OCH3 is 1. The molecule has 3 unspecified atom stereocenters. The molecule has 3 nitrogen and oxygen atoms in total. The molecular formula is C14H30N2O. The van der Waals surface area contributed by atoms with Crippen molar-refractivity contribution in [3.8, 4) is 0 Å². The van der Waals surface area contributed by atoms with E-state index in [1.807, 2.05) is 0 Å². The van der Waals surface area contributed by atoms with Crippen LogP contribution < -0.4 is 5.32 Å². The highest BCUT2D eigenvalue weighted by Gasteiger charge is 2.32. The maximum atomic E-state index is 5.30. The molecule has 0 radical (unpaired) electrons. The van der Waals surface area contributed by atoms with Crippen LogP contribution in [0.4, 0.5) is 0 Å². The molecule has 1 saturated carbocycles. The minimum absolute atomic E-state index is 0.527. The Hall–Kier alpha value is -0.120. The zero-order valence-electron chi connectivity index (χ0n) is 12.0. The molecule has 17 heavy (non-hydrogen) atoms. The summed E-state index contributed by atoms with van der Waals surface area (Å²) in [7, 11) is 1.80. The Morgan fingerprint density at radius 2 is 2.12 bits per heavy atom. The summed E-state index contributed by atoms with van der Waals surface area (Å²) >= 11 is 0. The first kappa shape index (κ1) is 14.9. The standard InChI is InChI=1S/C14H30N2O/c1-5-10-15-13-8-7-9-14(13)16(6-2)12(3)11-17-4/h12-15H,5-11H2,1-4H3. The zero-order chi connectivity index (χ0) is 12.7. The van der Waals surface area contributed by atoms with Crippen LogP contribution in [-0.2, 0) is 4.74 Å². The fraction of sp³-hybridized carbons (Fsp3) is 1.00. The van der Waals surface area contributed by atoms with Gasteiger partial charge in [-0.15, -0.1) is 0 Å². The lowest BCUT2D eigenvalue weighted by molar-refractivity contribution is 0.0658. The third-order valence-corrected chi connectivity index (χ3v) is 3.90. The molecule has 1 N–H and O–H groups in total. The molecule has 1 aliphatic rings. The van der Waals surface area contributed by atoms with Crippen molar-refractivity contribution in [1.29, 1.82) is 0 Å². The van der Waals surface area contributed by atoms with Crippen LogP contribution in [0.3, 0.4) is 0 Å². The van der Waals surface area contributed by atoms with E-state index in [9.17, 15) is 0 Å². The molecule has 0 heterocycles. The highest BCUT2D eigenvalue weighted by atomic mass is 16.5. The van der Waals surface area contributed by atoms with Crippen molar-refractivity contribution < 1.29 is 4.74 Å². The van der Waals surface area contributed by atoms with Crippen molar-refractivity contribution in [1.82, 2.24) is 10.2 Å². The van der Waals surface area contributed by atoms with E-state index in [-0.39, 0.29) is 0 Å². The van der Waals surface area contributed by atoms with E-state index in [0.29, 0.717) is 18.1 Å². The van der Waals surface area contributed by atoms with E-state index in [1.54, 1.807) is 7.11 Å². The first-order valence-electron chi connectivity index (χ1n) is 7.22. The summed E-state index contributed by atoms with van der Waals surface area (Å²) in [6, 6.07) is 1.92.